The Morgan fingerprint density at radius 1 is 1.50 bits per heavy atom. The second-order valence-electron chi connectivity index (χ2n) is 5.78. The highest BCUT2D eigenvalue weighted by Crippen LogP contribution is 2.29. The van der Waals surface area contributed by atoms with Gasteiger partial charge in [0.15, 0.2) is 0 Å². The number of nitrogens with zero attached hydrogens (tertiary/aromatic N) is 2. The Morgan fingerprint density at radius 3 is 2.82 bits per heavy atom. The van der Waals surface area contributed by atoms with E-state index >= 15 is 0 Å². The van der Waals surface area contributed by atoms with E-state index in [0.717, 1.165) is 18.5 Å². The summed E-state index contributed by atoms with van der Waals surface area (Å²) in [6.45, 7) is 2.64. The number of carbonyl (C=O) groups excluding carboxylic acids is 1. The van der Waals surface area contributed by atoms with Crippen molar-refractivity contribution in [3.8, 4) is 0 Å². The number of amides is 1. The molecule has 6 heteroatoms. The van der Waals surface area contributed by atoms with Gasteiger partial charge in [0.05, 0.1) is 22.7 Å². The largest absolute Gasteiger partial charge is 0.481 e. The number of aliphatic carboxylic acids is 1. The number of halogens is 1. The van der Waals surface area contributed by atoms with Gasteiger partial charge in [-0.1, -0.05) is 30.7 Å². The molecule has 0 saturated carbocycles. The van der Waals surface area contributed by atoms with E-state index in [1.165, 1.54) is 0 Å². The van der Waals surface area contributed by atoms with Gasteiger partial charge in [0.25, 0.3) is 0 Å². The van der Waals surface area contributed by atoms with Gasteiger partial charge in [0, 0.05) is 13.1 Å². The van der Waals surface area contributed by atoms with E-state index in [1.54, 1.807) is 24.9 Å². The summed E-state index contributed by atoms with van der Waals surface area (Å²) in [5.74, 6) is -1.37. The van der Waals surface area contributed by atoms with E-state index in [9.17, 15) is 9.59 Å². The Balaban J connectivity index is 2.13. The molecule has 0 aromatic heterocycles. The summed E-state index contributed by atoms with van der Waals surface area (Å²) in [7, 11) is 1.80. The van der Waals surface area contributed by atoms with Crippen molar-refractivity contribution in [2.75, 3.05) is 25.0 Å². The van der Waals surface area contributed by atoms with Crippen LogP contribution in [0, 0.1) is 5.92 Å². The quantitative estimate of drug-likeness (QED) is 0.904. The van der Waals surface area contributed by atoms with Crippen LogP contribution >= 0.6 is 11.6 Å². The smallest absolute Gasteiger partial charge is 0.307 e. The molecule has 2 rings (SSSR count). The topological polar surface area (TPSA) is 60.9 Å². The molecule has 1 aromatic rings. The third-order valence-corrected chi connectivity index (χ3v) is 4.39. The van der Waals surface area contributed by atoms with Crippen LogP contribution in [0.15, 0.2) is 24.3 Å². The fraction of sp³-hybridized carbons (Fsp3) is 0.500. The Labute approximate surface area is 135 Å². The molecule has 1 fully saturated rings. The van der Waals surface area contributed by atoms with E-state index in [2.05, 4.69) is 0 Å². The van der Waals surface area contributed by atoms with Crippen LogP contribution in [0.5, 0.6) is 0 Å². The lowest BCUT2D eigenvalue weighted by Crippen LogP contribution is -2.52. The average Bonchev–Trinajstić information content (AvgIpc) is 2.48. The minimum Gasteiger partial charge on any atom is -0.481 e. The number of piperidine rings is 1. The number of rotatable bonds is 5. The Hall–Kier alpha value is -1.59. The molecule has 0 bridgehead atoms. The van der Waals surface area contributed by atoms with Crippen LogP contribution in [0.4, 0.5) is 5.69 Å². The molecule has 1 saturated heterocycles. The average molecular weight is 325 g/mol. The molecule has 0 radical (unpaired) electrons. The van der Waals surface area contributed by atoms with Crippen molar-refractivity contribution in [1.29, 1.82) is 0 Å². The zero-order valence-corrected chi connectivity index (χ0v) is 13.6. The van der Waals surface area contributed by atoms with Crippen LogP contribution in [-0.2, 0) is 9.59 Å². The van der Waals surface area contributed by atoms with Gasteiger partial charge in [-0.25, -0.2) is 0 Å². The molecule has 2 atom stereocenters. The molecule has 1 aliphatic heterocycles. The maximum absolute atomic E-state index is 12.7. The van der Waals surface area contributed by atoms with E-state index in [-0.39, 0.29) is 11.9 Å². The number of hydrogen-bond acceptors (Lipinski definition) is 3. The molecule has 1 heterocycles. The van der Waals surface area contributed by atoms with E-state index in [0.29, 0.717) is 18.1 Å². The maximum atomic E-state index is 12.7. The summed E-state index contributed by atoms with van der Waals surface area (Å²) in [4.78, 5) is 27.3. The lowest BCUT2D eigenvalue weighted by molar-refractivity contribution is -0.142. The van der Waals surface area contributed by atoms with Crippen molar-refractivity contribution in [3.63, 3.8) is 0 Å². The minimum absolute atomic E-state index is 0.0144. The first-order valence-electron chi connectivity index (χ1n) is 7.40. The predicted octanol–water partition coefficient (Wildman–Crippen LogP) is 2.49. The van der Waals surface area contributed by atoms with Crippen LogP contribution in [-0.4, -0.2) is 48.1 Å². The molecule has 120 valence electrons. The zero-order chi connectivity index (χ0) is 16.3. The van der Waals surface area contributed by atoms with Crippen molar-refractivity contribution in [1.82, 2.24) is 4.90 Å². The molecule has 0 aliphatic carbocycles. The van der Waals surface area contributed by atoms with Crippen molar-refractivity contribution < 1.29 is 14.7 Å². The molecule has 2 unspecified atom stereocenters. The van der Waals surface area contributed by atoms with Crippen LogP contribution < -0.4 is 4.90 Å². The van der Waals surface area contributed by atoms with Gasteiger partial charge in [-0.05, 0) is 32.0 Å². The summed E-state index contributed by atoms with van der Waals surface area (Å²) in [6.07, 6.45) is 1.61. The number of anilines is 1. The fourth-order valence-electron chi connectivity index (χ4n) is 2.81. The van der Waals surface area contributed by atoms with Gasteiger partial charge in [-0.3, -0.25) is 14.5 Å². The standard InChI is InChI=1S/C16H21ClN2O3/c1-11(16(21)22)10-18(2)14-8-5-9-19(15(14)20)13-7-4-3-6-12(13)17/h3-4,6-7,11,14H,5,8-10H2,1-2H3,(H,21,22). The third kappa shape index (κ3) is 3.59. The highest BCUT2D eigenvalue weighted by Gasteiger charge is 2.34. The second kappa shape index (κ2) is 7.11. The summed E-state index contributed by atoms with van der Waals surface area (Å²) in [5, 5.41) is 9.58. The monoisotopic (exact) mass is 324 g/mol. The molecule has 22 heavy (non-hydrogen) atoms. The summed E-state index contributed by atoms with van der Waals surface area (Å²) in [6, 6.07) is 6.99. The van der Waals surface area contributed by atoms with Gasteiger partial charge in [0.2, 0.25) is 5.91 Å². The van der Waals surface area contributed by atoms with Crippen LogP contribution in [0.1, 0.15) is 19.8 Å². The number of para-hydroxylation sites is 1. The predicted molar refractivity (Wildman–Crippen MR) is 86.3 cm³/mol. The van der Waals surface area contributed by atoms with Crippen molar-refractivity contribution in [2.24, 2.45) is 5.92 Å². The van der Waals surface area contributed by atoms with Crippen molar-refractivity contribution in [3.05, 3.63) is 29.3 Å². The fourth-order valence-corrected chi connectivity index (χ4v) is 3.05. The van der Waals surface area contributed by atoms with E-state index < -0.39 is 11.9 Å². The number of benzene rings is 1. The summed E-state index contributed by atoms with van der Waals surface area (Å²) >= 11 is 6.19. The first-order valence-corrected chi connectivity index (χ1v) is 7.78. The van der Waals surface area contributed by atoms with Gasteiger partial charge in [-0.15, -0.1) is 0 Å². The molecule has 1 amide bonds. The maximum Gasteiger partial charge on any atom is 0.307 e. The Kier molecular flexibility index (Phi) is 5.42. The van der Waals surface area contributed by atoms with Crippen LogP contribution in [0.3, 0.4) is 0 Å². The second-order valence-corrected chi connectivity index (χ2v) is 6.19. The lowest BCUT2D eigenvalue weighted by Gasteiger charge is -2.37. The highest BCUT2D eigenvalue weighted by atomic mass is 35.5. The molecule has 5 nitrogen and oxygen atoms in total. The van der Waals surface area contributed by atoms with E-state index in [4.69, 9.17) is 16.7 Å². The molecule has 0 spiro atoms. The SMILES string of the molecule is CC(CN(C)C1CCCN(c2ccccc2Cl)C1=O)C(=O)O. The zero-order valence-electron chi connectivity index (χ0n) is 12.8. The normalized spacial score (nSPS) is 20.3. The van der Waals surface area contributed by atoms with Gasteiger partial charge < -0.3 is 10.0 Å². The van der Waals surface area contributed by atoms with Crippen molar-refractivity contribution in [2.45, 2.75) is 25.8 Å². The van der Waals surface area contributed by atoms with E-state index in [1.807, 2.05) is 23.1 Å². The third-order valence-electron chi connectivity index (χ3n) is 4.07. The Morgan fingerprint density at radius 2 is 2.18 bits per heavy atom. The molecular formula is C16H21ClN2O3. The lowest BCUT2D eigenvalue weighted by atomic mass is 10.0. The first-order chi connectivity index (χ1) is 10.4. The van der Waals surface area contributed by atoms with Crippen molar-refractivity contribution >= 4 is 29.2 Å². The molecule has 1 N–H and O–H groups in total. The van der Waals surface area contributed by atoms with Gasteiger partial charge >= 0.3 is 5.97 Å². The number of carbonyl (C=O) groups is 2. The highest BCUT2D eigenvalue weighted by molar-refractivity contribution is 6.33. The summed E-state index contributed by atoms with van der Waals surface area (Å²) in [5.41, 5.74) is 0.721. The van der Waals surface area contributed by atoms with Crippen LogP contribution in [0.2, 0.25) is 5.02 Å². The first kappa shape index (κ1) is 16.8. The van der Waals surface area contributed by atoms with Crippen LogP contribution in [0.25, 0.3) is 0 Å². The summed E-state index contributed by atoms with van der Waals surface area (Å²) < 4.78 is 0. The molecular weight excluding hydrogens is 304 g/mol. The number of carboxylic acids is 1. The number of likely N-dealkylation sites (N-methyl/N-ethyl adjacent to an activating group) is 1. The van der Waals surface area contributed by atoms with Gasteiger partial charge in [-0.2, -0.15) is 0 Å². The van der Waals surface area contributed by atoms with Gasteiger partial charge in [0.1, 0.15) is 0 Å². The number of hydrogen-bond donors (Lipinski definition) is 1. The number of carboxylic acid groups (broad SMARTS) is 1. The Bertz CT molecular complexity index is 564. The minimum atomic E-state index is -0.849. The molecule has 1 aromatic carbocycles. The molecule has 1 aliphatic rings.